The number of piperazine rings is 1. The quantitative estimate of drug-likeness (QED) is 0.348. The normalized spacial score (nSPS) is 19.1. The van der Waals surface area contributed by atoms with Crippen LogP contribution in [-0.4, -0.2) is 60.9 Å². The summed E-state index contributed by atoms with van der Waals surface area (Å²) in [6, 6.07) is 3.97. The van der Waals surface area contributed by atoms with Crippen LogP contribution in [0.3, 0.4) is 0 Å². The van der Waals surface area contributed by atoms with E-state index in [0.29, 0.717) is 17.3 Å². The summed E-state index contributed by atoms with van der Waals surface area (Å²) in [7, 11) is 0. The van der Waals surface area contributed by atoms with Crippen molar-refractivity contribution in [3.63, 3.8) is 0 Å². The second-order valence-electron chi connectivity index (χ2n) is 8.95. The third-order valence-electron chi connectivity index (χ3n) is 6.49. The van der Waals surface area contributed by atoms with Gasteiger partial charge < -0.3 is 15.1 Å². The van der Waals surface area contributed by atoms with Crippen molar-refractivity contribution in [3.8, 4) is 10.6 Å². The summed E-state index contributed by atoms with van der Waals surface area (Å²) in [6.45, 7) is 5.48. The molecule has 12 heteroatoms. The molecule has 2 bridgehead atoms. The molecule has 1 N–H and O–H groups in total. The van der Waals surface area contributed by atoms with Crippen molar-refractivity contribution in [2.75, 3.05) is 23.3 Å². The topological polar surface area (TPSA) is 100 Å². The Labute approximate surface area is 224 Å². The van der Waals surface area contributed by atoms with Gasteiger partial charge in [0.2, 0.25) is 5.95 Å². The molecule has 2 fully saturated rings. The zero-order chi connectivity index (χ0) is 24.8. The van der Waals surface area contributed by atoms with E-state index in [9.17, 15) is 4.79 Å². The highest BCUT2D eigenvalue weighted by Crippen LogP contribution is 2.34. The SMILES string of the molecule is Cc1nc(C)c(-c2csc(Nc3ccc(C(=O)N4C5CCC4CN(c4ncc(Br)cn4)C5)cn3)n2)s1. The van der Waals surface area contributed by atoms with Crippen LogP contribution >= 0.6 is 38.6 Å². The summed E-state index contributed by atoms with van der Waals surface area (Å²) in [5, 5.41) is 7.07. The van der Waals surface area contributed by atoms with Gasteiger partial charge >= 0.3 is 0 Å². The number of carbonyl (C=O) groups is 1. The maximum Gasteiger partial charge on any atom is 0.256 e. The molecule has 184 valence electrons. The van der Waals surface area contributed by atoms with Gasteiger partial charge in [0, 0.05) is 37.1 Å². The largest absolute Gasteiger partial charge is 0.337 e. The monoisotopic (exact) mass is 582 g/mol. The highest BCUT2D eigenvalue weighted by atomic mass is 79.9. The lowest BCUT2D eigenvalue weighted by Crippen LogP contribution is -2.56. The fourth-order valence-electron chi connectivity index (χ4n) is 4.92. The molecule has 36 heavy (non-hydrogen) atoms. The van der Waals surface area contributed by atoms with Gasteiger partial charge in [-0.15, -0.1) is 22.7 Å². The van der Waals surface area contributed by atoms with Gasteiger partial charge in [0.25, 0.3) is 5.91 Å². The Morgan fingerprint density at radius 1 is 1.06 bits per heavy atom. The van der Waals surface area contributed by atoms with Crippen LogP contribution in [0, 0.1) is 13.8 Å². The molecule has 1 amide bonds. The fourth-order valence-corrected chi connectivity index (χ4v) is 6.79. The number of pyridine rings is 1. The van der Waals surface area contributed by atoms with Crippen molar-refractivity contribution in [2.24, 2.45) is 0 Å². The van der Waals surface area contributed by atoms with Crippen LogP contribution in [0.5, 0.6) is 0 Å². The maximum absolute atomic E-state index is 13.4. The number of carbonyl (C=O) groups excluding carboxylic acids is 1. The van der Waals surface area contributed by atoms with E-state index in [0.717, 1.165) is 56.8 Å². The van der Waals surface area contributed by atoms with Crippen molar-refractivity contribution in [2.45, 2.75) is 38.8 Å². The van der Waals surface area contributed by atoms with Crippen LogP contribution in [0.25, 0.3) is 10.6 Å². The maximum atomic E-state index is 13.4. The summed E-state index contributed by atoms with van der Waals surface area (Å²) in [4.78, 5) is 41.3. The zero-order valence-corrected chi connectivity index (χ0v) is 22.9. The molecular weight excluding hydrogens is 560 g/mol. The molecule has 4 aromatic rings. The molecule has 0 radical (unpaired) electrons. The average molecular weight is 584 g/mol. The summed E-state index contributed by atoms with van der Waals surface area (Å²) in [5.41, 5.74) is 2.51. The third-order valence-corrected chi connectivity index (χ3v) is 8.75. The number of fused-ring (bicyclic) bond motifs is 2. The number of hydrogen-bond acceptors (Lipinski definition) is 10. The minimum absolute atomic E-state index is 0.0329. The number of nitrogens with zero attached hydrogens (tertiary/aromatic N) is 7. The first-order valence-electron chi connectivity index (χ1n) is 11.6. The van der Waals surface area contributed by atoms with E-state index in [1.54, 1.807) is 29.9 Å². The highest BCUT2D eigenvalue weighted by Gasteiger charge is 2.43. The molecule has 0 spiro atoms. The fraction of sp³-hybridized carbons (Fsp3) is 0.333. The number of aryl methyl sites for hydroxylation is 2. The molecule has 2 atom stereocenters. The molecule has 2 aliphatic heterocycles. The minimum atomic E-state index is 0.0329. The molecular formula is C24H23BrN8OS2. The van der Waals surface area contributed by atoms with Crippen LogP contribution in [0.15, 0.2) is 40.6 Å². The lowest BCUT2D eigenvalue weighted by Gasteiger charge is -2.41. The number of rotatable bonds is 5. The Kier molecular flexibility index (Phi) is 6.18. The highest BCUT2D eigenvalue weighted by molar-refractivity contribution is 9.10. The first kappa shape index (κ1) is 23.4. The smallest absolute Gasteiger partial charge is 0.256 e. The number of nitrogens with one attached hydrogen (secondary N) is 1. The lowest BCUT2D eigenvalue weighted by atomic mass is 10.1. The number of halogens is 1. The van der Waals surface area contributed by atoms with Gasteiger partial charge in [-0.3, -0.25) is 4.79 Å². The van der Waals surface area contributed by atoms with Gasteiger partial charge in [-0.1, -0.05) is 0 Å². The molecule has 9 nitrogen and oxygen atoms in total. The van der Waals surface area contributed by atoms with E-state index in [4.69, 9.17) is 4.98 Å². The number of anilines is 3. The Hall–Kier alpha value is -2.96. The molecule has 2 unspecified atom stereocenters. The Morgan fingerprint density at radius 2 is 1.81 bits per heavy atom. The van der Waals surface area contributed by atoms with Gasteiger partial charge in [-0.25, -0.2) is 24.9 Å². The van der Waals surface area contributed by atoms with Crippen LogP contribution in [0.4, 0.5) is 16.9 Å². The van der Waals surface area contributed by atoms with E-state index in [1.165, 1.54) is 11.3 Å². The van der Waals surface area contributed by atoms with Crippen LogP contribution in [0.2, 0.25) is 0 Å². The zero-order valence-electron chi connectivity index (χ0n) is 19.7. The summed E-state index contributed by atoms with van der Waals surface area (Å²) >= 11 is 6.55. The molecule has 6 rings (SSSR count). The van der Waals surface area contributed by atoms with Crippen molar-refractivity contribution in [1.82, 2.24) is 29.8 Å². The number of aromatic nitrogens is 5. The molecule has 0 saturated carbocycles. The van der Waals surface area contributed by atoms with Gasteiger partial charge in [-0.2, -0.15) is 0 Å². The summed E-state index contributed by atoms with van der Waals surface area (Å²) in [6.07, 6.45) is 7.15. The van der Waals surface area contributed by atoms with E-state index in [1.807, 2.05) is 36.3 Å². The average Bonchev–Trinajstić information content (AvgIpc) is 3.54. The number of hydrogen-bond donors (Lipinski definition) is 1. The molecule has 0 aromatic carbocycles. The Bertz CT molecular complexity index is 1390. The summed E-state index contributed by atoms with van der Waals surface area (Å²) < 4.78 is 0.855. The first-order valence-corrected chi connectivity index (χ1v) is 14.1. The van der Waals surface area contributed by atoms with E-state index < -0.39 is 0 Å². The predicted octanol–water partition coefficient (Wildman–Crippen LogP) is 5.07. The van der Waals surface area contributed by atoms with Crippen molar-refractivity contribution in [3.05, 3.63) is 56.8 Å². The number of amides is 1. The van der Waals surface area contributed by atoms with Gasteiger partial charge in [0.15, 0.2) is 5.13 Å². The van der Waals surface area contributed by atoms with E-state index >= 15 is 0 Å². The first-order chi connectivity index (χ1) is 17.4. The van der Waals surface area contributed by atoms with Crippen molar-refractivity contribution < 1.29 is 4.79 Å². The second-order valence-corrected chi connectivity index (χ2v) is 11.9. The Balaban J connectivity index is 1.12. The van der Waals surface area contributed by atoms with Crippen LogP contribution in [-0.2, 0) is 0 Å². The lowest BCUT2D eigenvalue weighted by molar-refractivity contribution is 0.0640. The molecule has 2 aliphatic rings. The third kappa shape index (κ3) is 4.48. The molecule has 6 heterocycles. The van der Waals surface area contributed by atoms with Gasteiger partial charge in [-0.05, 0) is 54.8 Å². The van der Waals surface area contributed by atoms with E-state index in [2.05, 4.69) is 46.1 Å². The Morgan fingerprint density at radius 3 is 2.44 bits per heavy atom. The van der Waals surface area contributed by atoms with Crippen LogP contribution in [0.1, 0.15) is 33.9 Å². The van der Waals surface area contributed by atoms with Crippen LogP contribution < -0.4 is 10.2 Å². The van der Waals surface area contributed by atoms with Crippen molar-refractivity contribution in [1.29, 1.82) is 0 Å². The molecule has 4 aromatic heterocycles. The summed E-state index contributed by atoms with van der Waals surface area (Å²) in [5.74, 6) is 1.40. The van der Waals surface area contributed by atoms with E-state index in [-0.39, 0.29) is 18.0 Å². The second kappa shape index (κ2) is 9.49. The van der Waals surface area contributed by atoms with Crippen molar-refractivity contribution >= 4 is 61.4 Å². The molecule has 0 aliphatic carbocycles. The number of thiazole rings is 2. The predicted molar refractivity (Wildman–Crippen MR) is 145 cm³/mol. The van der Waals surface area contributed by atoms with Gasteiger partial charge in [0.1, 0.15) is 5.82 Å². The standard InChI is InChI=1S/C24H23BrN8OS2/c1-13-21(36-14(2)29-13)19-12-35-24(30-19)31-20-6-3-15(7-26-20)22(34)33-17-4-5-18(33)11-32(10-17)23-27-8-16(25)9-28-23/h3,6-9,12,17-18H,4-5,10-11H2,1-2H3,(H,26,30,31). The van der Waals surface area contributed by atoms with Gasteiger partial charge in [0.05, 0.1) is 43.4 Å². The molecule has 2 saturated heterocycles. The minimum Gasteiger partial charge on any atom is -0.337 e.